The number of hydrogen-bond donors (Lipinski definition) is 0. The maximum Gasteiger partial charge on any atom is 0.283 e. The van der Waals surface area contributed by atoms with Crippen LogP contribution in [0.15, 0.2) is 54.9 Å². The number of hydrogen-bond acceptors (Lipinski definition) is 3. The van der Waals surface area contributed by atoms with Crippen molar-refractivity contribution in [2.24, 2.45) is 0 Å². The summed E-state index contributed by atoms with van der Waals surface area (Å²) in [5, 5.41) is 0. The summed E-state index contributed by atoms with van der Waals surface area (Å²) >= 11 is 0. The fraction of sp³-hybridized carbons (Fsp3) is 0.158. The zero-order valence-corrected chi connectivity index (χ0v) is 14.0. The lowest BCUT2D eigenvalue weighted by Gasteiger charge is -2.25. The number of benzene rings is 2. The number of amides is 1. The first-order valence-electron chi connectivity index (χ1n) is 8.10. The van der Waals surface area contributed by atoms with Gasteiger partial charge in [-0.3, -0.25) is 9.69 Å². The molecule has 25 heavy (non-hydrogen) atoms. The molecule has 1 aliphatic heterocycles. The Morgan fingerprint density at radius 2 is 1.84 bits per heavy atom. The van der Waals surface area contributed by atoms with Gasteiger partial charge in [0, 0.05) is 19.3 Å². The Hall–Kier alpha value is -3.15. The Morgan fingerprint density at radius 1 is 1.08 bits per heavy atom. The Labute approximate surface area is 144 Å². The first-order chi connectivity index (χ1) is 12.1. The van der Waals surface area contributed by atoms with Gasteiger partial charge >= 0.3 is 0 Å². The van der Waals surface area contributed by atoms with Gasteiger partial charge in [-0.05, 0) is 31.2 Å². The molecule has 0 radical (unpaired) electrons. The van der Waals surface area contributed by atoms with Gasteiger partial charge in [0.05, 0.1) is 12.0 Å². The highest BCUT2D eigenvalue weighted by Gasteiger charge is 2.35. The van der Waals surface area contributed by atoms with E-state index in [9.17, 15) is 9.18 Å². The van der Waals surface area contributed by atoms with Crippen LogP contribution in [-0.2, 0) is 6.54 Å². The van der Waals surface area contributed by atoms with E-state index in [1.54, 1.807) is 47.1 Å². The fourth-order valence-corrected chi connectivity index (χ4v) is 3.22. The number of rotatable bonds is 2. The van der Waals surface area contributed by atoms with Gasteiger partial charge in [0.1, 0.15) is 11.5 Å². The van der Waals surface area contributed by atoms with Crippen molar-refractivity contribution < 1.29 is 9.18 Å². The number of para-hydroxylation sites is 2. The van der Waals surface area contributed by atoms with Gasteiger partial charge in [0.25, 0.3) is 5.91 Å². The molecule has 5 nitrogen and oxygen atoms in total. The van der Waals surface area contributed by atoms with Crippen LogP contribution in [0.3, 0.4) is 0 Å². The molecule has 4 rings (SSSR count). The summed E-state index contributed by atoms with van der Waals surface area (Å²) < 4.78 is 16.6. The van der Waals surface area contributed by atoms with Crippen LogP contribution >= 0.6 is 0 Å². The van der Waals surface area contributed by atoms with E-state index in [-0.39, 0.29) is 11.6 Å². The van der Waals surface area contributed by atoms with Crippen molar-refractivity contribution in [1.29, 1.82) is 0 Å². The zero-order valence-electron chi connectivity index (χ0n) is 14.0. The summed E-state index contributed by atoms with van der Waals surface area (Å²) in [4.78, 5) is 21.0. The topological polar surface area (TPSA) is 41.4 Å². The summed E-state index contributed by atoms with van der Waals surface area (Å²) in [5.41, 5.74) is 1.90. The second-order valence-electron chi connectivity index (χ2n) is 5.85. The molecule has 0 saturated carbocycles. The lowest BCUT2D eigenvalue weighted by atomic mass is 10.2. The summed E-state index contributed by atoms with van der Waals surface area (Å²) in [6.07, 6.45) is 1.65. The number of fused-ring (bicyclic) bond motifs is 2. The maximum absolute atomic E-state index is 14.8. The van der Waals surface area contributed by atoms with Gasteiger partial charge in [-0.1, -0.05) is 24.3 Å². The van der Waals surface area contributed by atoms with E-state index < -0.39 is 5.82 Å². The minimum Gasteiger partial charge on any atom is -0.326 e. The normalized spacial score (nSPS) is 13.5. The number of carbonyl (C=O) groups excluding carboxylic acids is 1. The molecule has 0 unspecified atom stereocenters. The minimum absolute atomic E-state index is 0.238. The van der Waals surface area contributed by atoms with E-state index >= 15 is 0 Å². The molecule has 0 atom stereocenters. The number of anilines is 4. The van der Waals surface area contributed by atoms with Gasteiger partial charge in [-0.25, -0.2) is 9.37 Å². The highest BCUT2D eigenvalue weighted by atomic mass is 19.1. The highest BCUT2D eigenvalue weighted by molar-refractivity contribution is 6.16. The Bertz CT molecular complexity index is 951. The molecule has 2 aromatic carbocycles. The molecule has 2 heterocycles. The van der Waals surface area contributed by atoms with Gasteiger partial charge in [-0.15, -0.1) is 0 Å². The third kappa shape index (κ3) is 2.21. The first kappa shape index (κ1) is 15.4. The van der Waals surface area contributed by atoms with Crippen LogP contribution in [0.1, 0.15) is 17.4 Å². The number of aryl methyl sites for hydroxylation is 1. The maximum atomic E-state index is 14.8. The molecule has 0 spiro atoms. The number of nitrogens with zero attached hydrogens (tertiary/aromatic N) is 4. The van der Waals surface area contributed by atoms with E-state index in [0.717, 1.165) is 0 Å². The molecule has 0 saturated heterocycles. The van der Waals surface area contributed by atoms with Crippen LogP contribution < -0.4 is 9.80 Å². The van der Waals surface area contributed by atoms with Crippen LogP contribution in [0, 0.1) is 5.82 Å². The van der Waals surface area contributed by atoms with Crippen molar-refractivity contribution in [3.8, 4) is 0 Å². The second-order valence-corrected chi connectivity index (χ2v) is 5.85. The number of imidazole rings is 1. The van der Waals surface area contributed by atoms with Gasteiger partial charge in [-0.2, -0.15) is 0 Å². The molecule has 0 N–H and O–H groups in total. The summed E-state index contributed by atoms with van der Waals surface area (Å²) in [5.74, 6) is -0.219. The molecule has 3 aromatic rings. The van der Waals surface area contributed by atoms with Crippen molar-refractivity contribution in [3.63, 3.8) is 0 Å². The number of aromatic nitrogens is 2. The molecule has 1 amide bonds. The molecule has 0 bridgehead atoms. The molecule has 126 valence electrons. The highest BCUT2D eigenvalue weighted by Crippen LogP contribution is 2.43. The monoisotopic (exact) mass is 336 g/mol. The van der Waals surface area contributed by atoms with E-state index in [2.05, 4.69) is 4.98 Å². The van der Waals surface area contributed by atoms with Gasteiger partial charge in [0.15, 0.2) is 11.5 Å². The van der Waals surface area contributed by atoms with Crippen LogP contribution in [0.4, 0.5) is 27.3 Å². The molecule has 0 aliphatic carbocycles. The quantitative estimate of drug-likeness (QED) is 0.707. The van der Waals surface area contributed by atoms with Crippen molar-refractivity contribution >= 4 is 28.8 Å². The van der Waals surface area contributed by atoms with Gasteiger partial charge in [0.2, 0.25) is 0 Å². The van der Waals surface area contributed by atoms with Crippen LogP contribution in [0.2, 0.25) is 0 Å². The third-order valence-corrected chi connectivity index (χ3v) is 4.45. The van der Waals surface area contributed by atoms with Gasteiger partial charge < -0.3 is 9.47 Å². The third-order valence-electron chi connectivity index (χ3n) is 4.45. The largest absolute Gasteiger partial charge is 0.326 e. The Balaban J connectivity index is 2.06. The average Bonchev–Trinajstić information content (AvgIpc) is 3.04. The Morgan fingerprint density at radius 3 is 2.56 bits per heavy atom. The summed E-state index contributed by atoms with van der Waals surface area (Å²) in [6.45, 7) is 2.55. The van der Waals surface area contributed by atoms with Crippen molar-refractivity contribution in [2.75, 3.05) is 16.8 Å². The average molecular weight is 336 g/mol. The van der Waals surface area contributed by atoms with Crippen LogP contribution in [-0.4, -0.2) is 22.5 Å². The summed E-state index contributed by atoms with van der Waals surface area (Å²) in [6, 6.07) is 13.9. The SMILES string of the molecule is CCn1cnc2c1C(=O)N(c1ccccc1)c1c(F)cccc1N2C. The van der Waals surface area contributed by atoms with Crippen molar-refractivity contribution in [1.82, 2.24) is 9.55 Å². The van der Waals surface area contributed by atoms with Crippen molar-refractivity contribution in [3.05, 3.63) is 66.4 Å². The first-order valence-corrected chi connectivity index (χ1v) is 8.10. The lowest BCUT2D eigenvalue weighted by Crippen LogP contribution is -2.28. The number of carbonyl (C=O) groups is 1. The second kappa shape index (κ2) is 5.73. The van der Waals surface area contributed by atoms with E-state index in [0.29, 0.717) is 29.4 Å². The standard InChI is InChI=1S/C19H17FN4O/c1-3-23-12-21-18-17(23)19(25)24(13-8-5-4-6-9-13)16-14(20)10-7-11-15(16)22(18)2/h4-12H,3H2,1-2H3. The predicted octanol–water partition coefficient (Wildman–Crippen LogP) is 4.10. The van der Waals surface area contributed by atoms with E-state index in [1.165, 1.54) is 11.0 Å². The molecule has 1 aromatic heterocycles. The van der Waals surface area contributed by atoms with Crippen LogP contribution in [0.5, 0.6) is 0 Å². The fourth-order valence-electron chi connectivity index (χ4n) is 3.22. The smallest absolute Gasteiger partial charge is 0.283 e. The molecule has 1 aliphatic rings. The number of halogens is 1. The van der Waals surface area contributed by atoms with E-state index in [1.807, 2.05) is 25.1 Å². The molecule has 0 fully saturated rings. The lowest BCUT2D eigenvalue weighted by molar-refractivity contribution is 0.0991. The van der Waals surface area contributed by atoms with Crippen LogP contribution in [0.25, 0.3) is 0 Å². The minimum atomic E-state index is -0.449. The molecule has 6 heteroatoms. The predicted molar refractivity (Wildman–Crippen MR) is 95.3 cm³/mol. The molecular formula is C19H17FN4O. The Kier molecular flexibility index (Phi) is 3.53. The molecular weight excluding hydrogens is 319 g/mol. The zero-order chi connectivity index (χ0) is 17.6. The van der Waals surface area contributed by atoms with Crippen molar-refractivity contribution in [2.45, 2.75) is 13.5 Å². The summed E-state index contributed by atoms with van der Waals surface area (Å²) in [7, 11) is 1.80. The van der Waals surface area contributed by atoms with E-state index in [4.69, 9.17) is 0 Å².